The minimum atomic E-state index is -4.61. The van der Waals surface area contributed by atoms with Gasteiger partial charge in [-0.2, -0.15) is 9.97 Å². The van der Waals surface area contributed by atoms with Crippen molar-refractivity contribution in [2.45, 2.75) is 50.7 Å². The molecule has 2 aromatic heterocycles. The fourth-order valence-electron chi connectivity index (χ4n) is 2.52. The zero-order valence-electron chi connectivity index (χ0n) is 16.2. The summed E-state index contributed by atoms with van der Waals surface area (Å²) in [4.78, 5) is 21.4. The third kappa shape index (κ3) is 5.83. The van der Waals surface area contributed by atoms with Crippen LogP contribution in [0.15, 0.2) is 6.33 Å². The van der Waals surface area contributed by atoms with Crippen LogP contribution in [0.2, 0.25) is 5.15 Å². The first-order valence-electron chi connectivity index (χ1n) is 8.88. The summed E-state index contributed by atoms with van der Waals surface area (Å²) in [5.74, 6) is -4.52. The number of aliphatic hydroxyl groups is 3. The van der Waals surface area contributed by atoms with Crippen LogP contribution in [0.5, 0.6) is 0 Å². The first-order chi connectivity index (χ1) is 13.9. The van der Waals surface area contributed by atoms with Gasteiger partial charge in [-0.1, -0.05) is 18.5 Å². The van der Waals surface area contributed by atoms with Crippen molar-refractivity contribution in [3.63, 3.8) is 0 Å². The van der Waals surface area contributed by atoms with Crippen LogP contribution in [0, 0.1) is 0 Å². The number of anilines is 1. The minimum absolute atomic E-state index is 0.0357. The van der Waals surface area contributed by atoms with Crippen LogP contribution in [0.4, 0.5) is 10.3 Å². The summed E-state index contributed by atoms with van der Waals surface area (Å²) in [5.41, 5.74) is 5.85. The van der Waals surface area contributed by atoms with Gasteiger partial charge in [0.05, 0.1) is 19.5 Å². The van der Waals surface area contributed by atoms with Gasteiger partial charge in [-0.3, -0.25) is 13.7 Å². The van der Waals surface area contributed by atoms with E-state index in [2.05, 4.69) is 19.5 Å². The molecule has 30 heavy (non-hydrogen) atoms. The second-order valence-corrected chi connectivity index (χ2v) is 8.87. The molecular weight excluding hydrogens is 448 g/mol. The molecule has 5 atom stereocenters. The van der Waals surface area contributed by atoms with E-state index in [1.807, 2.05) is 0 Å². The van der Waals surface area contributed by atoms with Gasteiger partial charge < -0.3 is 30.7 Å². The van der Waals surface area contributed by atoms with Gasteiger partial charge in [-0.05, 0) is 13.3 Å². The normalized spacial score (nSPS) is 19.2. The SMILES string of the molecule is CCC(O)P(=O)(O)OC(C)(F)CCO[C@H]([C@H](O)CO)n1cnc2c(Cl)nc(N)nc21. The summed E-state index contributed by atoms with van der Waals surface area (Å²) >= 11 is 5.96. The number of nitrogens with zero attached hydrogens (tertiary/aromatic N) is 4. The third-order valence-electron chi connectivity index (χ3n) is 4.09. The summed E-state index contributed by atoms with van der Waals surface area (Å²) in [7, 11) is -4.61. The van der Waals surface area contributed by atoms with E-state index in [0.717, 1.165) is 6.92 Å². The van der Waals surface area contributed by atoms with Crippen molar-refractivity contribution in [1.29, 1.82) is 0 Å². The van der Waals surface area contributed by atoms with E-state index in [1.54, 1.807) is 0 Å². The lowest BCUT2D eigenvalue weighted by Crippen LogP contribution is -2.32. The zero-order valence-corrected chi connectivity index (χ0v) is 17.9. The maximum atomic E-state index is 14.6. The number of rotatable bonds is 11. The molecule has 15 heteroatoms. The number of fused-ring (bicyclic) bond motifs is 1. The van der Waals surface area contributed by atoms with Gasteiger partial charge in [0, 0.05) is 6.42 Å². The van der Waals surface area contributed by atoms with E-state index in [4.69, 9.17) is 22.1 Å². The maximum Gasteiger partial charge on any atom is 0.359 e. The molecular formula is C15H24ClFN5O7P. The van der Waals surface area contributed by atoms with Gasteiger partial charge in [0.2, 0.25) is 11.8 Å². The lowest BCUT2D eigenvalue weighted by molar-refractivity contribution is -0.126. The molecule has 0 aliphatic rings. The molecule has 3 unspecified atom stereocenters. The Kier molecular flexibility index (Phi) is 8.10. The predicted molar refractivity (Wildman–Crippen MR) is 104 cm³/mol. The molecule has 0 aliphatic heterocycles. The highest BCUT2D eigenvalue weighted by Gasteiger charge is 2.39. The van der Waals surface area contributed by atoms with Gasteiger partial charge in [-0.15, -0.1) is 0 Å². The monoisotopic (exact) mass is 471 g/mol. The Morgan fingerprint density at radius 3 is 2.70 bits per heavy atom. The van der Waals surface area contributed by atoms with Gasteiger partial charge in [-0.25, -0.2) is 9.37 Å². The molecule has 6 N–H and O–H groups in total. The van der Waals surface area contributed by atoms with Gasteiger partial charge in [0.15, 0.2) is 22.9 Å². The molecule has 0 fully saturated rings. The lowest BCUT2D eigenvalue weighted by atomic mass is 10.2. The van der Waals surface area contributed by atoms with E-state index >= 15 is 0 Å². The maximum absolute atomic E-state index is 14.6. The molecule has 170 valence electrons. The van der Waals surface area contributed by atoms with Crippen molar-refractivity contribution >= 4 is 36.3 Å². The molecule has 12 nitrogen and oxygen atoms in total. The summed E-state index contributed by atoms with van der Waals surface area (Å²) in [6.07, 6.45) is -2.16. The molecule has 0 saturated carbocycles. The number of hydrogen-bond acceptors (Lipinski definition) is 10. The number of hydrogen-bond donors (Lipinski definition) is 5. The van der Waals surface area contributed by atoms with Crippen LogP contribution in [-0.4, -0.2) is 70.7 Å². The largest absolute Gasteiger partial charge is 0.394 e. The average molecular weight is 472 g/mol. The zero-order chi connectivity index (χ0) is 22.7. The standard InChI is InChI=1S/C15H24ClFN5O7P/c1-3-9(25)30(26,27)29-15(2,17)4-5-28-13(8(24)6-23)22-7-19-10-11(16)20-14(18)21-12(10)22/h7-9,13,23-25H,3-6H2,1-2H3,(H,26,27)(H2,18,20,21)/t8-,9?,13-,15?/m1/s1. The van der Waals surface area contributed by atoms with Crippen LogP contribution >= 0.6 is 19.2 Å². The van der Waals surface area contributed by atoms with Crippen LogP contribution in [0.25, 0.3) is 11.2 Å². The fourth-order valence-corrected chi connectivity index (χ4v) is 3.96. The number of aromatic nitrogens is 4. The van der Waals surface area contributed by atoms with Crippen LogP contribution < -0.4 is 5.73 Å². The van der Waals surface area contributed by atoms with E-state index < -0.39 is 51.3 Å². The molecule has 2 heterocycles. The Balaban J connectivity index is 2.16. The van der Waals surface area contributed by atoms with Gasteiger partial charge in [0.1, 0.15) is 11.6 Å². The second kappa shape index (κ2) is 9.79. The number of ether oxygens (including phenoxy) is 1. The molecule has 2 aromatic rings. The number of nitrogen functional groups attached to an aromatic ring is 1. The first kappa shape index (κ1) is 24.8. The van der Waals surface area contributed by atoms with Crippen LogP contribution in [0.1, 0.15) is 32.9 Å². The van der Waals surface area contributed by atoms with Crippen molar-refractivity contribution in [2.75, 3.05) is 18.9 Å². The highest BCUT2D eigenvalue weighted by atomic mass is 35.5. The Morgan fingerprint density at radius 1 is 1.43 bits per heavy atom. The number of nitrogens with two attached hydrogens (primary N) is 1. The summed E-state index contributed by atoms with van der Waals surface area (Å²) in [6.45, 7) is 1.22. The Bertz CT molecular complexity index is 917. The van der Waals surface area contributed by atoms with Crippen LogP contribution in [0.3, 0.4) is 0 Å². The van der Waals surface area contributed by atoms with Gasteiger partial charge in [0.25, 0.3) is 0 Å². The summed E-state index contributed by atoms with van der Waals surface area (Å²) in [5, 5.41) is 28.9. The van der Waals surface area contributed by atoms with E-state index in [1.165, 1.54) is 17.8 Å². The predicted octanol–water partition coefficient (Wildman–Crippen LogP) is 0.936. The van der Waals surface area contributed by atoms with Crippen molar-refractivity contribution < 1.29 is 38.4 Å². The van der Waals surface area contributed by atoms with E-state index in [9.17, 15) is 29.2 Å². The van der Waals surface area contributed by atoms with Crippen molar-refractivity contribution in [3.05, 3.63) is 11.5 Å². The van der Waals surface area contributed by atoms with Gasteiger partial charge >= 0.3 is 7.60 Å². The lowest BCUT2D eigenvalue weighted by Gasteiger charge is -2.28. The quantitative estimate of drug-likeness (QED) is 0.232. The first-order valence-corrected chi connectivity index (χ1v) is 10.9. The Hall–Kier alpha value is -1.44. The topological polar surface area (TPSA) is 186 Å². The fraction of sp³-hybridized carbons (Fsp3) is 0.667. The minimum Gasteiger partial charge on any atom is -0.394 e. The highest BCUT2D eigenvalue weighted by molar-refractivity contribution is 7.53. The smallest absolute Gasteiger partial charge is 0.359 e. The Morgan fingerprint density at radius 2 is 2.10 bits per heavy atom. The molecule has 0 amide bonds. The molecule has 0 bridgehead atoms. The summed E-state index contributed by atoms with van der Waals surface area (Å²) in [6, 6.07) is 0. The average Bonchev–Trinajstić information content (AvgIpc) is 3.06. The molecule has 2 rings (SSSR count). The van der Waals surface area contributed by atoms with Crippen molar-refractivity contribution in [1.82, 2.24) is 19.5 Å². The Labute approximate surface area is 176 Å². The number of aliphatic hydroxyl groups excluding tert-OH is 3. The highest BCUT2D eigenvalue weighted by Crippen LogP contribution is 2.52. The van der Waals surface area contributed by atoms with E-state index in [0.29, 0.717) is 0 Å². The number of imidazole rings is 1. The number of halogens is 2. The van der Waals surface area contributed by atoms with E-state index in [-0.39, 0.29) is 28.7 Å². The molecule has 0 radical (unpaired) electrons. The molecule has 0 saturated heterocycles. The molecule has 0 aromatic carbocycles. The van der Waals surface area contributed by atoms with Crippen molar-refractivity contribution in [3.8, 4) is 0 Å². The second-order valence-electron chi connectivity index (χ2n) is 6.60. The number of alkyl halides is 1. The molecule has 0 spiro atoms. The third-order valence-corrected chi connectivity index (χ3v) is 6.11. The van der Waals surface area contributed by atoms with Crippen molar-refractivity contribution in [2.24, 2.45) is 0 Å². The molecule has 0 aliphatic carbocycles. The van der Waals surface area contributed by atoms with Crippen LogP contribution in [-0.2, 0) is 13.8 Å². The summed E-state index contributed by atoms with van der Waals surface area (Å²) < 4.78 is 37.8.